The molecule has 0 saturated heterocycles. The summed E-state index contributed by atoms with van der Waals surface area (Å²) in [4.78, 5) is 11.6. The molecule has 0 aromatic heterocycles. The molecule has 1 aromatic rings. The third-order valence-electron chi connectivity index (χ3n) is 2.62. The summed E-state index contributed by atoms with van der Waals surface area (Å²) >= 11 is 0. The first-order valence-corrected chi connectivity index (χ1v) is 5.97. The topological polar surface area (TPSA) is 38.3 Å². The smallest absolute Gasteiger partial charge is 0.339 e. The van der Waals surface area contributed by atoms with Gasteiger partial charge in [0.05, 0.1) is 12.7 Å². The minimum Gasteiger partial charge on any atom is -0.465 e. The highest BCUT2D eigenvalue weighted by Gasteiger charge is 2.11. The minimum absolute atomic E-state index is 0.291. The van der Waals surface area contributed by atoms with Crippen molar-refractivity contribution in [2.24, 2.45) is 5.92 Å². The molecule has 1 rings (SSSR count). The van der Waals surface area contributed by atoms with Gasteiger partial charge in [-0.1, -0.05) is 25.5 Å². The van der Waals surface area contributed by atoms with Crippen LogP contribution < -0.4 is 5.32 Å². The maximum atomic E-state index is 11.6. The molecule has 3 nitrogen and oxygen atoms in total. The van der Waals surface area contributed by atoms with Crippen LogP contribution in [0.1, 0.15) is 36.2 Å². The van der Waals surface area contributed by atoms with Gasteiger partial charge in [0.15, 0.2) is 0 Å². The summed E-state index contributed by atoms with van der Waals surface area (Å²) in [5.74, 6) is 0.357. The monoisotopic (exact) mass is 235 g/mol. The normalized spacial score (nSPS) is 10.4. The lowest BCUT2D eigenvalue weighted by Gasteiger charge is -2.12. The second-order valence-corrected chi connectivity index (χ2v) is 4.65. The molecular weight excluding hydrogens is 214 g/mol. The molecule has 1 aromatic carbocycles. The molecular formula is C14H21NO2. The lowest BCUT2D eigenvalue weighted by Crippen LogP contribution is -2.10. The first kappa shape index (κ1) is 13.6. The van der Waals surface area contributed by atoms with E-state index in [2.05, 4.69) is 19.2 Å². The van der Waals surface area contributed by atoms with Crippen molar-refractivity contribution < 1.29 is 9.53 Å². The molecule has 17 heavy (non-hydrogen) atoms. The van der Waals surface area contributed by atoms with E-state index in [-0.39, 0.29) is 5.97 Å². The van der Waals surface area contributed by atoms with Gasteiger partial charge in [-0.05, 0) is 31.4 Å². The Morgan fingerprint density at radius 3 is 2.71 bits per heavy atom. The number of carbonyl (C=O) groups excluding carboxylic acids is 1. The number of rotatable bonds is 5. The van der Waals surface area contributed by atoms with Gasteiger partial charge in [0.25, 0.3) is 0 Å². The molecule has 0 spiro atoms. The zero-order chi connectivity index (χ0) is 12.8. The maximum Gasteiger partial charge on any atom is 0.339 e. The molecule has 3 heteroatoms. The molecule has 94 valence electrons. The van der Waals surface area contributed by atoms with Crippen LogP contribution in [-0.4, -0.2) is 19.6 Å². The van der Waals surface area contributed by atoms with Crippen molar-refractivity contribution in [3.63, 3.8) is 0 Å². The third kappa shape index (κ3) is 4.10. The Labute approximate surface area is 103 Å². The molecule has 0 aliphatic heterocycles. The average Bonchev–Trinajstić information content (AvgIpc) is 2.29. The molecule has 0 radical (unpaired) electrons. The second-order valence-electron chi connectivity index (χ2n) is 4.65. The van der Waals surface area contributed by atoms with Crippen molar-refractivity contribution in [1.29, 1.82) is 0 Å². The van der Waals surface area contributed by atoms with Gasteiger partial charge in [-0.3, -0.25) is 0 Å². The summed E-state index contributed by atoms with van der Waals surface area (Å²) in [5, 5.41) is 3.29. The average molecular weight is 235 g/mol. The van der Waals surface area contributed by atoms with Crippen LogP contribution in [0, 0.1) is 12.8 Å². The molecule has 0 atom stereocenters. The summed E-state index contributed by atoms with van der Waals surface area (Å²) < 4.78 is 4.78. The number of anilines is 1. The molecule has 0 heterocycles. The van der Waals surface area contributed by atoms with Crippen LogP contribution in [0.5, 0.6) is 0 Å². The molecule has 0 bridgehead atoms. The quantitative estimate of drug-likeness (QED) is 0.796. The van der Waals surface area contributed by atoms with Gasteiger partial charge in [0.2, 0.25) is 0 Å². The maximum absolute atomic E-state index is 11.6. The van der Waals surface area contributed by atoms with Crippen molar-refractivity contribution in [3.8, 4) is 0 Å². The number of hydrogen-bond donors (Lipinski definition) is 1. The highest BCUT2D eigenvalue weighted by Crippen LogP contribution is 2.18. The zero-order valence-corrected chi connectivity index (χ0v) is 11.0. The number of esters is 1. The SMILES string of the molecule is COC(=O)c1cc(C)ccc1NCCC(C)C. The Balaban J connectivity index is 2.79. The molecule has 0 aliphatic rings. The number of hydrogen-bond acceptors (Lipinski definition) is 3. The molecule has 0 unspecified atom stereocenters. The number of aryl methyl sites for hydroxylation is 1. The van der Waals surface area contributed by atoms with Gasteiger partial charge in [-0.2, -0.15) is 0 Å². The van der Waals surface area contributed by atoms with Crippen LogP contribution >= 0.6 is 0 Å². The standard InChI is InChI=1S/C14H21NO2/c1-10(2)7-8-15-13-6-5-11(3)9-12(13)14(16)17-4/h5-6,9-10,15H,7-8H2,1-4H3. The molecule has 0 aliphatic carbocycles. The summed E-state index contributed by atoms with van der Waals surface area (Å²) in [6, 6.07) is 5.77. The number of benzene rings is 1. The van der Waals surface area contributed by atoms with Gasteiger partial charge in [-0.25, -0.2) is 4.79 Å². The van der Waals surface area contributed by atoms with Crippen molar-refractivity contribution in [3.05, 3.63) is 29.3 Å². The number of methoxy groups -OCH3 is 1. The Morgan fingerprint density at radius 2 is 2.12 bits per heavy atom. The van der Waals surface area contributed by atoms with Gasteiger partial charge < -0.3 is 10.1 Å². The minimum atomic E-state index is -0.291. The van der Waals surface area contributed by atoms with Crippen molar-refractivity contribution in [2.75, 3.05) is 19.0 Å². The fourth-order valence-electron chi connectivity index (χ4n) is 1.59. The second kappa shape index (κ2) is 6.28. The van der Waals surface area contributed by atoms with E-state index in [4.69, 9.17) is 4.74 Å². The van der Waals surface area contributed by atoms with Gasteiger partial charge in [0, 0.05) is 12.2 Å². The fourth-order valence-corrected chi connectivity index (χ4v) is 1.59. The lowest BCUT2D eigenvalue weighted by molar-refractivity contribution is 0.0601. The number of ether oxygens (including phenoxy) is 1. The molecule has 0 amide bonds. The van der Waals surface area contributed by atoms with Gasteiger partial charge in [-0.15, -0.1) is 0 Å². The highest BCUT2D eigenvalue weighted by molar-refractivity contribution is 5.95. The number of carbonyl (C=O) groups is 1. The van der Waals surface area contributed by atoms with E-state index in [1.165, 1.54) is 7.11 Å². The predicted molar refractivity (Wildman–Crippen MR) is 70.5 cm³/mol. The van der Waals surface area contributed by atoms with Gasteiger partial charge >= 0.3 is 5.97 Å². The van der Waals surface area contributed by atoms with E-state index >= 15 is 0 Å². The zero-order valence-electron chi connectivity index (χ0n) is 11.0. The predicted octanol–water partition coefficient (Wildman–Crippen LogP) is 3.24. The van der Waals surface area contributed by atoms with Crippen LogP contribution in [0.15, 0.2) is 18.2 Å². The highest BCUT2D eigenvalue weighted by atomic mass is 16.5. The van der Waals surface area contributed by atoms with E-state index in [1.54, 1.807) is 0 Å². The van der Waals surface area contributed by atoms with Crippen LogP contribution in [-0.2, 0) is 4.74 Å². The lowest BCUT2D eigenvalue weighted by atomic mass is 10.1. The van der Waals surface area contributed by atoms with E-state index in [0.29, 0.717) is 11.5 Å². The fraction of sp³-hybridized carbons (Fsp3) is 0.500. The first-order valence-electron chi connectivity index (χ1n) is 5.97. The van der Waals surface area contributed by atoms with Crippen molar-refractivity contribution in [1.82, 2.24) is 0 Å². The summed E-state index contributed by atoms with van der Waals surface area (Å²) in [6.07, 6.45) is 1.08. The molecule has 0 fully saturated rings. The van der Waals surface area contributed by atoms with Crippen LogP contribution in [0.3, 0.4) is 0 Å². The summed E-state index contributed by atoms with van der Waals surface area (Å²) in [7, 11) is 1.41. The van der Waals surface area contributed by atoms with Gasteiger partial charge in [0.1, 0.15) is 0 Å². The Morgan fingerprint density at radius 1 is 1.41 bits per heavy atom. The van der Waals surface area contributed by atoms with Crippen LogP contribution in [0.2, 0.25) is 0 Å². The van der Waals surface area contributed by atoms with E-state index in [1.807, 2.05) is 25.1 Å². The van der Waals surface area contributed by atoms with Crippen LogP contribution in [0.4, 0.5) is 5.69 Å². The molecule has 1 N–H and O–H groups in total. The Bertz CT molecular complexity index is 386. The van der Waals surface area contributed by atoms with E-state index < -0.39 is 0 Å². The molecule has 0 saturated carbocycles. The summed E-state index contributed by atoms with van der Waals surface area (Å²) in [5.41, 5.74) is 2.51. The third-order valence-corrected chi connectivity index (χ3v) is 2.62. The number of nitrogens with one attached hydrogen (secondary N) is 1. The Kier molecular flexibility index (Phi) is 5.01. The van der Waals surface area contributed by atoms with E-state index in [9.17, 15) is 4.79 Å². The van der Waals surface area contributed by atoms with Crippen molar-refractivity contribution in [2.45, 2.75) is 27.2 Å². The first-order chi connectivity index (χ1) is 8.04. The summed E-state index contributed by atoms with van der Waals surface area (Å²) in [6.45, 7) is 7.19. The van der Waals surface area contributed by atoms with E-state index in [0.717, 1.165) is 24.2 Å². The largest absolute Gasteiger partial charge is 0.465 e. The van der Waals surface area contributed by atoms with Crippen LogP contribution in [0.25, 0.3) is 0 Å². The van der Waals surface area contributed by atoms with Crippen molar-refractivity contribution >= 4 is 11.7 Å². The Hall–Kier alpha value is -1.51.